The van der Waals surface area contributed by atoms with Gasteiger partial charge in [0.05, 0.1) is 26.2 Å². The van der Waals surface area contributed by atoms with Gasteiger partial charge in [-0.1, -0.05) is 42.1 Å². The predicted molar refractivity (Wildman–Crippen MR) is 247 cm³/mol. The number of nitrogens with one attached hydrogen (secondary N) is 2. The highest BCUT2D eigenvalue weighted by molar-refractivity contribution is 7.80. The maximum Gasteiger partial charge on any atom is 0.295 e. The molecule has 5 aromatic rings. The van der Waals surface area contributed by atoms with Crippen molar-refractivity contribution in [1.82, 2.24) is 24.9 Å². The van der Waals surface area contributed by atoms with Crippen molar-refractivity contribution >= 4 is 87.8 Å². The van der Waals surface area contributed by atoms with Gasteiger partial charge in [0.1, 0.15) is 43.1 Å². The number of aromatic amines is 2. The first-order valence-corrected chi connectivity index (χ1v) is 18.6. The Balaban J connectivity index is 0. The second-order valence-electron chi connectivity index (χ2n) is 12.6. The van der Waals surface area contributed by atoms with Crippen LogP contribution in [0.5, 0.6) is 0 Å². The van der Waals surface area contributed by atoms with Crippen molar-refractivity contribution in [3.8, 4) is 0 Å². The average molecular weight is 940 g/mol. The molecule has 0 aromatic carbocycles. The highest BCUT2D eigenvalue weighted by Gasteiger charge is 2.14. The topological polar surface area (TPSA) is 382 Å². The first-order chi connectivity index (χ1) is 28.5. The summed E-state index contributed by atoms with van der Waals surface area (Å²) in [5.41, 5.74) is 28.6. The maximum atomic E-state index is 10.3. The first-order valence-electron chi connectivity index (χ1n) is 17.0. The molecule has 0 aliphatic heterocycles. The number of pyridine rings is 5. The fraction of sp³-hybridized carbons (Fsp3) is 0.257. The van der Waals surface area contributed by atoms with Gasteiger partial charge in [-0.25, -0.2) is 15.0 Å². The molecule has 0 unspecified atom stereocenters. The van der Waals surface area contributed by atoms with Gasteiger partial charge in [-0.2, -0.15) is 0 Å². The summed E-state index contributed by atoms with van der Waals surface area (Å²) in [7, 11) is 0. The molecule has 27 heteroatoms. The third-order valence-corrected chi connectivity index (χ3v) is 6.88. The molecule has 5 rings (SSSR count). The van der Waals surface area contributed by atoms with Crippen molar-refractivity contribution in [3.05, 3.63) is 150 Å². The number of rotatable bonds is 4. The third-order valence-electron chi connectivity index (χ3n) is 6.20. The highest BCUT2D eigenvalue weighted by Crippen LogP contribution is 2.18. The molecule has 0 aliphatic carbocycles. The molecule has 0 spiro atoms. The summed E-state index contributed by atoms with van der Waals surface area (Å²) in [6.07, 6.45) is 0. The van der Waals surface area contributed by atoms with Gasteiger partial charge >= 0.3 is 0 Å². The summed E-state index contributed by atoms with van der Waals surface area (Å²) in [4.78, 5) is 60.2. The van der Waals surface area contributed by atoms with Gasteiger partial charge in [-0.05, 0) is 110 Å². The van der Waals surface area contributed by atoms with Crippen LogP contribution in [0.3, 0.4) is 0 Å². The molecule has 23 nitrogen and oxygen atoms in total. The Labute approximate surface area is 375 Å². The lowest BCUT2D eigenvalue weighted by atomic mass is 10.2. The standard InChI is InChI=1S/C6H5ClN2O2.C6H7N3O2.C6H6N2O2S.C6H8N2S.C6H8N2.C4H9NO3.CH4N2S/c2*1-4-5(9(10)11)2-3-6(7)8-4;1-4-5(8(9)10)2-3-6(11)7-4;1-4-5(7)2-3-6(9)8-4;1-5-3-2-4-6(7)8-5;1-4(2,3)8-5(6)7;2-1(3)4/h2-3H,1H3;2-3H,1H3,(H2,7,8);2-3H,1H3,(H,7,11);2-3H,7H2,1H3,(H,8,9);2-4H,1H3,(H2,7,8);1-3H3;(H4,2,3,4). The number of aromatic nitrogens is 5. The molecule has 0 fully saturated rings. The maximum absolute atomic E-state index is 10.3. The average Bonchev–Trinajstić information content (AvgIpc) is 3.09. The van der Waals surface area contributed by atoms with E-state index in [9.17, 15) is 40.5 Å². The van der Waals surface area contributed by atoms with Gasteiger partial charge in [0, 0.05) is 29.6 Å². The molecule has 0 saturated heterocycles. The zero-order valence-corrected chi connectivity index (χ0v) is 37.9. The van der Waals surface area contributed by atoms with E-state index in [-0.39, 0.29) is 27.3 Å². The molecule has 0 aliphatic rings. The number of nitrogens with zero attached hydrogens (tertiary/aromatic N) is 7. The zero-order valence-electron chi connectivity index (χ0n) is 34.6. The van der Waals surface area contributed by atoms with Crippen LogP contribution in [0, 0.1) is 84.4 Å². The summed E-state index contributed by atoms with van der Waals surface area (Å²) in [6.45, 7) is 13.4. The van der Waals surface area contributed by atoms with Crippen molar-refractivity contribution in [3.63, 3.8) is 0 Å². The number of H-pyrrole nitrogens is 2. The van der Waals surface area contributed by atoms with Crippen LogP contribution in [0.4, 0.5) is 34.4 Å². The van der Waals surface area contributed by atoms with Crippen molar-refractivity contribution in [1.29, 1.82) is 0 Å². The molecule has 12 N–H and O–H groups in total. The number of nitro groups is 3. The molecule has 0 atom stereocenters. The van der Waals surface area contributed by atoms with E-state index in [0.29, 0.717) is 33.4 Å². The van der Waals surface area contributed by atoms with E-state index >= 15 is 0 Å². The van der Waals surface area contributed by atoms with E-state index in [4.69, 9.17) is 53.2 Å². The summed E-state index contributed by atoms with van der Waals surface area (Å²) >= 11 is 19.2. The number of anilines is 3. The summed E-state index contributed by atoms with van der Waals surface area (Å²) in [5.74, 6) is 0.887. The van der Waals surface area contributed by atoms with E-state index in [1.54, 1.807) is 59.7 Å². The van der Waals surface area contributed by atoms with Crippen molar-refractivity contribution in [2.45, 2.75) is 61.0 Å². The molecule has 0 amide bonds. The second kappa shape index (κ2) is 28.4. The number of aryl methyl sites for hydroxylation is 5. The monoisotopic (exact) mass is 938 g/mol. The minimum absolute atomic E-state index is 0.000000000000000222. The molecule has 5 heterocycles. The van der Waals surface area contributed by atoms with Crippen LogP contribution in [0.15, 0.2) is 66.7 Å². The van der Waals surface area contributed by atoms with Crippen molar-refractivity contribution < 1.29 is 24.7 Å². The largest absolute Gasteiger partial charge is 0.397 e. The van der Waals surface area contributed by atoms with Crippen LogP contribution < -0.4 is 28.7 Å². The Kier molecular flexibility index (Phi) is 26.2. The Morgan fingerprint density at radius 1 is 0.645 bits per heavy atom. The second-order valence-corrected chi connectivity index (χ2v) is 14.4. The van der Waals surface area contributed by atoms with E-state index in [0.717, 1.165) is 21.7 Å². The van der Waals surface area contributed by atoms with Crippen LogP contribution in [0.25, 0.3) is 0 Å². The third kappa shape index (κ3) is 27.6. The number of nitrogen functional groups attached to an aromatic ring is 3. The van der Waals surface area contributed by atoms with Crippen LogP contribution in [0.1, 0.15) is 49.2 Å². The van der Waals surface area contributed by atoms with E-state index in [2.05, 4.69) is 53.4 Å². The highest BCUT2D eigenvalue weighted by atomic mass is 35.5. The molecular weight excluding hydrogens is 892 g/mol. The van der Waals surface area contributed by atoms with Crippen LogP contribution in [-0.2, 0) is 4.84 Å². The lowest BCUT2D eigenvalue weighted by molar-refractivity contribution is -0.778. The number of hydrogen-bond acceptors (Lipinski definition) is 18. The predicted octanol–water partition coefficient (Wildman–Crippen LogP) is 7.58. The van der Waals surface area contributed by atoms with Crippen LogP contribution in [-0.4, -0.2) is 55.5 Å². The SMILES string of the molecule is CC(C)(C)O[N+](=O)[O-].Cc1[nH]c(=S)ccc1N.Cc1[nH]c(=S)ccc1[N+](=O)[O-].Cc1cccc(N)n1.Cc1nc(Cl)ccc1[N+](=O)[O-].Cc1nc(N)ccc1[N+](=O)[O-].NC(N)=S. The van der Waals surface area contributed by atoms with E-state index in [1.807, 2.05) is 26.0 Å². The Morgan fingerprint density at radius 2 is 1.06 bits per heavy atom. The minimum Gasteiger partial charge on any atom is -0.397 e. The zero-order chi connectivity index (χ0) is 48.5. The first kappa shape index (κ1) is 57.1. The molecule has 0 saturated carbocycles. The lowest BCUT2D eigenvalue weighted by Crippen LogP contribution is -2.22. The van der Waals surface area contributed by atoms with E-state index < -0.39 is 25.5 Å². The molecule has 0 bridgehead atoms. The molecule has 0 radical (unpaired) electrons. The van der Waals surface area contributed by atoms with Gasteiger partial charge in [0.2, 0.25) is 0 Å². The molecule has 5 aromatic heterocycles. The minimum atomic E-state index is -0.792. The van der Waals surface area contributed by atoms with Gasteiger partial charge in [-0.15, -0.1) is 10.1 Å². The normalized spacial score (nSPS) is 9.44. The Hall–Kier alpha value is -7.03. The number of hydrogen-bond donors (Lipinski definition) is 7. The van der Waals surface area contributed by atoms with E-state index in [1.165, 1.54) is 36.4 Å². The quantitative estimate of drug-likeness (QED) is 0.0395. The molecule has 336 valence electrons. The molecule has 62 heavy (non-hydrogen) atoms. The van der Waals surface area contributed by atoms with Crippen LogP contribution in [0.2, 0.25) is 5.15 Å². The van der Waals surface area contributed by atoms with Crippen molar-refractivity contribution in [2.24, 2.45) is 11.5 Å². The smallest absolute Gasteiger partial charge is 0.295 e. The van der Waals surface area contributed by atoms with Gasteiger partial charge in [0.25, 0.3) is 22.1 Å². The van der Waals surface area contributed by atoms with Gasteiger partial charge < -0.3 is 43.5 Å². The fourth-order valence-corrected chi connectivity index (χ4v) is 4.26. The van der Waals surface area contributed by atoms with Gasteiger partial charge in [0.15, 0.2) is 5.11 Å². The summed E-state index contributed by atoms with van der Waals surface area (Å²) < 4.78 is 1.23. The number of nitrogens with two attached hydrogens (primary N) is 5. The summed E-state index contributed by atoms with van der Waals surface area (Å²) in [6, 6.07) is 17.5. The van der Waals surface area contributed by atoms with Crippen molar-refractivity contribution in [2.75, 3.05) is 17.2 Å². The Morgan fingerprint density at radius 3 is 1.39 bits per heavy atom. The fourth-order valence-electron chi connectivity index (χ4n) is 3.63. The Bertz CT molecular complexity index is 2330. The number of thiocarbonyl (C=S) groups is 1. The van der Waals surface area contributed by atoms with Crippen LogP contribution >= 0.6 is 48.3 Å². The van der Waals surface area contributed by atoms with Gasteiger partial charge in [-0.3, -0.25) is 30.3 Å². The lowest BCUT2D eigenvalue weighted by Gasteiger charge is -2.13. The summed E-state index contributed by atoms with van der Waals surface area (Å²) in [5, 5.41) is 39.9. The molecular formula is C35H47ClN14O9S3. The number of halogens is 1.